The first-order valence-electron chi connectivity index (χ1n) is 9.70. The van der Waals surface area contributed by atoms with Crippen molar-refractivity contribution in [1.29, 1.82) is 0 Å². The van der Waals surface area contributed by atoms with Gasteiger partial charge in [0, 0.05) is 29.9 Å². The van der Waals surface area contributed by atoms with Crippen molar-refractivity contribution in [2.24, 2.45) is 4.99 Å². The standard InChI is InChI=1S/C22H19N3O4S/c1-2-27-21(26)20-19(25-9-8-24-22(25)30-20)18-11-15-10-16(5-6-17(15)29-18)28-13-14-4-3-7-23-12-14/h3-7,10-12H,2,8-9,13H2,1H3. The summed E-state index contributed by atoms with van der Waals surface area (Å²) in [5, 5.41) is 1.72. The first kappa shape index (κ1) is 18.7. The van der Waals surface area contributed by atoms with E-state index in [1.165, 1.54) is 11.8 Å². The molecule has 0 saturated heterocycles. The number of hydrogen-bond donors (Lipinski definition) is 0. The van der Waals surface area contributed by atoms with Crippen molar-refractivity contribution in [2.45, 2.75) is 13.5 Å². The number of ether oxygens (including phenoxy) is 2. The van der Waals surface area contributed by atoms with Crippen molar-refractivity contribution in [3.05, 3.63) is 65.0 Å². The maximum atomic E-state index is 12.5. The number of furan rings is 1. The lowest BCUT2D eigenvalue weighted by Crippen LogP contribution is -2.20. The minimum atomic E-state index is -0.351. The van der Waals surface area contributed by atoms with Crippen LogP contribution in [-0.2, 0) is 16.1 Å². The number of aliphatic imine (C=N–C) groups is 1. The number of carbonyl (C=O) groups excluding carboxylic acids is 1. The van der Waals surface area contributed by atoms with Crippen molar-refractivity contribution in [2.75, 3.05) is 19.7 Å². The van der Waals surface area contributed by atoms with Crippen molar-refractivity contribution in [3.63, 3.8) is 0 Å². The SMILES string of the molecule is CCOC(=O)C1=C(c2cc3cc(OCc4cccnc4)ccc3o2)N2CCN=C2S1. The normalized spacial score (nSPS) is 15.5. The highest BCUT2D eigenvalue weighted by Crippen LogP contribution is 2.43. The zero-order valence-electron chi connectivity index (χ0n) is 16.3. The molecule has 8 heteroatoms. The van der Waals surface area contributed by atoms with Gasteiger partial charge in [0.25, 0.3) is 0 Å². The number of thioether (sulfide) groups is 1. The van der Waals surface area contributed by atoms with Gasteiger partial charge in [-0.15, -0.1) is 0 Å². The van der Waals surface area contributed by atoms with Crippen LogP contribution in [0, 0.1) is 0 Å². The van der Waals surface area contributed by atoms with Crippen LogP contribution in [0.4, 0.5) is 0 Å². The summed E-state index contributed by atoms with van der Waals surface area (Å²) >= 11 is 1.34. The van der Waals surface area contributed by atoms with E-state index in [1.54, 1.807) is 19.3 Å². The maximum absolute atomic E-state index is 12.5. The third kappa shape index (κ3) is 3.43. The molecule has 7 nitrogen and oxygen atoms in total. The average Bonchev–Trinajstić information content (AvgIpc) is 3.46. The fourth-order valence-electron chi connectivity index (χ4n) is 3.44. The Hall–Kier alpha value is -3.26. The topological polar surface area (TPSA) is 77.2 Å². The Labute approximate surface area is 177 Å². The minimum absolute atomic E-state index is 0.320. The van der Waals surface area contributed by atoms with Gasteiger partial charge >= 0.3 is 5.97 Å². The molecule has 3 aromatic rings. The largest absolute Gasteiger partial charge is 0.489 e. The number of aromatic nitrogens is 1. The molecule has 2 aliphatic rings. The number of carbonyl (C=O) groups is 1. The fraction of sp³-hybridized carbons (Fsp3) is 0.227. The number of benzene rings is 1. The lowest BCUT2D eigenvalue weighted by molar-refractivity contribution is -0.137. The third-order valence-electron chi connectivity index (χ3n) is 4.79. The van der Waals surface area contributed by atoms with Gasteiger partial charge in [-0.25, -0.2) is 4.79 Å². The molecule has 0 aliphatic carbocycles. The monoisotopic (exact) mass is 421 g/mol. The Balaban J connectivity index is 1.45. The predicted molar refractivity (Wildman–Crippen MR) is 115 cm³/mol. The van der Waals surface area contributed by atoms with E-state index in [-0.39, 0.29) is 5.97 Å². The second-order valence-corrected chi connectivity index (χ2v) is 7.75. The average molecular weight is 421 g/mol. The molecule has 0 atom stereocenters. The summed E-state index contributed by atoms with van der Waals surface area (Å²) in [4.78, 5) is 23.6. The molecule has 2 aliphatic heterocycles. The number of rotatable bonds is 6. The molecular formula is C22H19N3O4S. The zero-order chi connectivity index (χ0) is 20.5. The van der Waals surface area contributed by atoms with Crippen LogP contribution in [0.15, 0.2) is 63.1 Å². The Morgan fingerprint density at radius 1 is 1.30 bits per heavy atom. The molecule has 152 valence electrons. The van der Waals surface area contributed by atoms with Crippen LogP contribution in [0.3, 0.4) is 0 Å². The molecule has 0 fully saturated rings. The molecular weight excluding hydrogens is 402 g/mol. The first-order valence-corrected chi connectivity index (χ1v) is 10.5. The van der Waals surface area contributed by atoms with Gasteiger partial charge < -0.3 is 18.8 Å². The molecule has 0 amide bonds. The van der Waals surface area contributed by atoms with E-state index in [2.05, 4.69) is 9.98 Å². The first-order chi connectivity index (χ1) is 14.7. The summed E-state index contributed by atoms with van der Waals surface area (Å²) in [6, 6.07) is 11.5. The third-order valence-corrected chi connectivity index (χ3v) is 5.89. The molecule has 0 radical (unpaired) electrons. The van der Waals surface area contributed by atoms with E-state index in [4.69, 9.17) is 13.9 Å². The Kier molecular flexibility index (Phi) is 4.92. The number of pyridine rings is 1. The van der Waals surface area contributed by atoms with Gasteiger partial charge in [0.2, 0.25) is 0 Å². The van der Waals surface area contributed by atoms with Crippen LogP contribution in [0.25, 0.3) is 16.7 Å². The summed E-state index contributed by atoms with van der Waals surface area (Å²) in [7, 11) is 0. The molecule has 0 N–H and O–H groups in total. The molecule has 0 saturated carbocycles. The van der Waals surface area contributed by atoms with Crippen LogP contribution in [0.2, 0.25) is 0 Å². The highest BCUT2D eigenvalue weighted by Gasteiger charge is 2.38. The molecule has 5 rings (SSSR count). The molecule has 1 aromatic carbocycles. The van der Waals surface area contributed by atoms with E-state index >= 15 is 0 Å². The summed E-state index contributed by atoms with van der Waals surface area (Å²) in [5.41, 5.74) is 2.45. The second-order valence-electron chi connectivity index (χ2n) is 6.78. The Morgan fingerprint density at radius 3 is 3.07 bits per heavy atom. The van der Waals surface area contributed by atoms with Crippen LogP contribution in [0.5, 0.6) is 5.75 Å². The van der Waals surface area contributed by atoms with Crippen LogP contribution in [-0.4, -0.2) is 40.7 Å². The van der Waals surface area contributed by atoms with E-state index in [0.29, 0.717) is 30.4 Å². The summed E-state index contributed by atoms with van der Waals surface area (Å²) in [6.07, 6.45) is 3.52. The number of nitrogens with zero attached hydrogens (tertiary/aromatic N) is 3. The molecule has 4 heterocycles. The van der Waals surface area contributed by atoms with Crippen LogP contribution >= 0.6 is 11.8 Å². The zero-order valence-corrected chi connectivity index (χ0v) is 17.1. The Morgan fingerprint density at radius 2 is 2.23 bits per heavy atom. The number of esters is 1. The van der Waals surface area contributed by atoms with Gasteiger partial charge in [-0.05, 0) is 49.0 Å². The quantitative estimate of drug-likeness (QED) is 0.556. The number of fused-ring (bicyclic) bond motifs is 2. The smallest absolute Gasteiger partial charge is 0.347 e. The van der Waals surface area contributed by atoms with E-state index in [0.717, 1.165) is 39.7 Å². The highest BCUT2D eigenvalue weighted by molar-refractivity contribution is 8.18. The number of amidine groups is 1. The van der Waals surface area contributed by atoms with E-state index in [9.17, 15) is 4.79 Å². The molecule has 0 spiro atoms. The Bertz CT molecular complexity index is 1170. The van der Waals surface area contributed by atoms with Crippen molar-refractivity contribution in [3.8, 4) is 5.75 Å². The molecule has 2 aromatic heterocycles. The predicted octanol–water partition coefficient (Wildman–Crippen LogP) is 4.06. The van der Waals surface area contributed by atoms with E-state index < -0.39 is 0 Å². The summed E-state index contributed by atoms with van der Waals surface area (Å²) < 4.78 is 17.2. The van der Waals surface area contributed by atoms with Crippen LogP contribution in [0.1, 0.15) is 18.2 Å². The lowest BCUT2D eigenvalue weighted by Gasteiger charge is -2.14. The fourth-order valence-corrected chi connectivity index (χ4v) is 4.52. The second kappa shape index (κ2) is 7.87. The van der Waals surface area contributed by atoms with E-state index in [1.807, 2.05) is 41.3 Å². The van der Waals surface area contributed by atoms with Gasteiger partial charge in [-0.1, -0.05) is 6.07 Å². The van der Waals surface area contributed by atoms with Gasteiger partial charge in [0.05, 0.1) is 13.2 Å². The minimum Gasteiger partial charge on any atom is -0.489 e. The molecule has 0 bridgehead atoms. The van der Waals surface area contributed by atoms with Gasteiger partial charge in [-0.3, -0.25) is 9.98 Å². The summed E-state index contributed by atoms with van der Waals surface area (Å²) in [5.74, 6) is 1.01. The van der Waals surface area contributed by atoms with Gasteiger partial charge in [-0.2, -0.15) is 0 Å². The summed E-state index contributed by atoms with van der Waals surface area (Å²) in [6.45, 7) is 3.98. The molecule has 30 heavy (non-hydrogen) atoms. The highest BCUT2D eigenvalue weighted by atomic mass is 32.2. The van der Waals surface area contributed by atoms with Crippen molar-refractivity contribution >= 4 is 39.6 Å². The van der Waals surface area contributed by atoms with Crippen LogP contribution < -0.4 is 4.74 Å². The van der Waals surface area contributed by atoms with Gasteiger partial charge in [0.15, 0.2) is 10.9 Å². The van der Waals surface area contributed by atoms with Gasteiger partial charge in [0.1, 0.15) is 28.5 Å². The molecule has 0 unspecified atom stereocenters. The maximum Gasteiger partial charge on any atom is 0.347 e. The number of hydrogen-bond acceptors (Lipinski definition) is 8. The lowest BCUT2D eigenvalue weighted by atomic mass is 10.2. The van der Waals surface area contributed by atoms with Crippen molar-refractivity contribution < 1.29 is 18.7 Å². The van der Waals surface area contributed by atoms with Crippen molar-refractivity contribution in [1.82, 2.24) is 9.88 Å².